The summed E-state index contributed by atoms with van der Waals surface area (Å²) >= 11 is 5.76. The van der Waals surface area contributed by atoms with Crippen molar-refractivity contribution in [3.05, 3.63) is 29.3 Å². The van der Waals surface area contributed by atoms with Crippen molar-refractivity contribution >= 4 is 21.6 Å². The molecule has 1 aromatic rings. The van der Waals surface area contributed by atoms with Gasteiger partial charge in [-0.15, -0.1) is 0 Å². The average molecular weight is 332 g/mol. The summed E-state index contributed by atoms with van der Waals surface area (Å²) in [6, 6.07) is 6.07. The Kier molecular flexibility index (Phi) is 4.25. The van der Waals surface area contributed by atoms with Crippen LogP contribution in [0.1, 0.15) is 25.7 Å². The standard InChI is InChI=1S/C14H18ClNO4S/c15-11-3-5-13(6-4-11)21(17,18)16-9-12-10-19-14(20-12)7-1-2-8-14/h3-6,12,16H,1-2,7-10H2/t12-/m1/s1. The summed E-state index contributed by atoms with van der Waals surface area (Å²) in [7, 11) is -3.54. The number of sulfonamides is 1. The van der Waals surface area contributed by atoms with Crippen molar-refractivity contribution in [2.24, 2.45) is 0 Å². The van der Waals surface area contributed by atoms with Crippen LogP contribution in [-0.2, 0) is 19.5 Å². The van der Waals surface area contributed by atoms with E-state index in [4.69, 9.17) is 21.1 Å². The zero-order valence-electron chi connectivity index (χ0n) is 11.5. The molecule has 0 unspecified atom stereocenters. The molecule has 1 spiro atoms. The van der Waals surface area contributed by atoms with Crippen LogP contribution in [0, 0.1) is 0 Å². The molecule has 0 radical (unpaired) electrons. The van der Waals surface area contributed by atoms with Crippen molar-refractivity contribution < 1.29 is 17.9 Å². The third kappa shape index (κ3) is 3.40. The van der Waals surface area contributed by atoms with E-state index < -0.39 is 15.8 Å². The van der Waals surface area contributed by atoms with Crippen LogP contribution >= 0.6 is 11.6 Å². The zero-order valence-corrected chi connectivity index (χ0v) is 13.1. The zero-order chi connectivity index (χ0) is 14.9. The highest BCUT2D eigenvalue weighted by Gasteiger charge is 2.43. The molecule has 0 amide bonds. The summed E-state index contributed by atoms with van der Waals surface area (Å²) in [6.07, 6.45) is 3.76. The van der Waals surface area contributed by atoms with Crippen molar-refractivity contribution in [1.82, 2.24) is 4.72 Å². The number of hydrogen-bond donors (Lipinski definition) is 1. The van der Waals surface area contributed by atoms with E-state index in [1.165, 1.54) is 12.1 Å². The van der Waals surface area contributed by atoms with Crippen molar-refractivity contribution in [3.63, 3.8) is 0 Å². The summed E-state index contributed by atoms with van der Waals surface area (Å²) in [6.45, 7) is 0.649. The number of halogens is 1. The molecule has 0 bridgehead atoms. The quantitative estimate of drug-likeness (QED) is 0.919. The molecule has 1 aromatic carbocycles. The molecule has 1 N–H and O–H groups in total. The Morgan fingerprint density at radius 3 is 2.57 bits per heavy atom. The van der Waals surface area contributed by atoms with E-state index >= 15 is 0 Å². The third-order valence-electron chi connectivity index (χ3n) is 3.90. The molecule has 1 aliphatic carbocycles. The molecule has 1 saturated heterocycles. The molecule has 1 heterocycles. The lowest BCUT2D eigenvalue weighted by atomic mass is 10.2. The summed E-state index contributed by atoms with van der Waals surface area (Å²) in [5.74, 6) is -0.462. The lowest BCUT2D eigenvalue weighted by molar-refractivity contribution is -0.160. The Hall–Kier alpha value is -0.660. The second-order valence-electron chi connectivity index (χ2n) is 5.47. The van der Waals surface area contributed by atoms with Gasteiger partial charge < -0.3 is 9.47 Å². The maximum absolute atomic E-state index is 12.2. The highest BCUT2D eigenvalue weighted by Crippen LogP contribution is 2.39. The smallest absolute Gasteiger partial charge is 0.240 e. The molecule has 1 saturated carbocycles. The Balaban J connectivity index is 1.58. The first-order valence-electron chi connectivity index (χ1n) is 7.06. The first-order valence-corrected chi connectivity index (χ1v) is 8.92. The van der Waals surface area contributed by atoms with Crippen LogP contribution in [-0.4, -0.2) is 33.5 Å². The van der Waals surface area contributed by atoms with Gasteiger partial charge in [-0.3, -0.25) is 0 Å². The average Bonchev–Trinajstić information content (AvgIpc) is 3.08. The molecule has 7 heteroatoms. The molecular formula is C14H18ClNO4S. The van der Waals surface area contributed by atoms with Crippen molar-refractivity contribution in [1.29, 1.82) is 0 Å². The second-order valence-corrected chi connectivity index (χ2v) is 7.68. The Morgan fingerprint density at radius 1 is 1.24 bits per heavy atom. The lowest BCUT2D eigenvalue weighted by Gasteiger charge is -2.21. The molecule has 116 valence electrons. The monoisotopic (exact) mass is 331 g/mol. The third-order valence-corrected chi connectivity index (χ3v) is 5.60. The molecular weight excluding hydrogens is 314 g/mol. The van der Waals surface area contributed by atoms with Gasteiger partial charge in [-0.2, -0.15) is 0 Å². The fourth-order valence-corrected chi connectivity index (χ4v) is 3.99. The Morgan fingerprint density at radius 2 is 1.90 bits per heavy atom. The highest BCUT2D eigenvalue weighted by molar-refractivity contribution is 7.89. The van der Waals surface area contributed by atoms with Crippen LogP contribution in [0.25, 0.3) is 0 Å². The topological polar surface area (TPSA) is 64.6 Å². The maximum Gasteiger partial charge on any atom is 0.240 e. The molecule has 21 heavy (non-hydrogen) atoms. The van der Waals surface area contributed by atoms with Crippen LogP contribution in [0.4, 0.5) is 0 Å². The summed E-state index contributed by atoms with van der Waals surface area (Å²) in [4.78, 5) is 0.196. The van der Waals surface area contributed by atoms with Crippen LogP contribution in [0.5, 0.6) is 0 Å². The lowest BCUT2D eigenvalue weighted by Crippen LogP contribution is -2.35. The van der Waals surface area contributed by atoms with Gasteiger partial charge >= 0.3 is 0 Å². The minimum absolute atomic E-state index is 0.196. The molecule has 5 nitrogen and oxygen atoms in total. The van der Waals surface area contributed by atoms with Gasteiger partial charge in [0.25, 0.3) is 0 Å². The summed E-state index contributed by atoms with van der Waals surface area (Å²) in [5.41, 5.74) is 0. The first-order chi connectivity index (χ1) is 9.99. The largest absolute Gasteiger partial charge is 0.347 e. The van der Waals surface area contributed by atoms with Gasteiger partial charge in [0.1, 0.15) is 0 Å². The van der Waals surface area contributed by atoms with Crippen molar-refractivity contribution in [3.8, 4) is 0 Å². The van der Waals surface area contributed by atoms with E-state index in [2.05, 4.69) is 4.72 Å². The number of ether oxygens (including phenoxy) is 2. The van der Waals surface area contributed by atoms with Crippen LogP contribution < -0.4 is 4.72 Å². The predicted molar refractivity (Wildman–Crippen MR) is 78.7 cm³/mol. The molecule has 1 aliphatic heterocycles. The van der Waals surface area contributed by atoms with E-state index in [9.17, 15) is 8.42 Å². The number of nitrogens with one attached hydrogen (secondary N) is 1. The summed E-state index contributed by atoms with van der Waals surface area (Å²) in [5, 5.41) is 0.504. The number of rotatable bonds is 4. The van der Waals surface area contributed by atoms with E-state index in [-0.39, 0.29) is 17.5 Å². The van der Waals surface area contributed by atoms with E-state index in [0.717, 1.165) is 25.7 Å². The second kappa shape index (κ2) is 5.85. The van der Waals surface area contributed by atoms with Gasteiger partial charge in [0, 0.05) is 24.4 Å². The Labute approximate surface area is 129 Å². The van der Waals surface area contributed by atoms with E-state index in [1.54, 1.807) is 12.1 Å². The van der Waals surface area contributed by atoms with Crippen LogP contribution in [0.15, 0.2) is 29.2 Å². The van der Waals surface area contributed by atoms with Crippen molar-refractivity contribution in [2.75, 3.05) is 13.2 Å². The van der Waals surface area contributed by atoms with Gasteiger partial charge in [-0.05, 0) is 37.1 Å². The number of benzene rings is 1. The van der Waals surface area contributed by atoms with Crippen LogP contribution in [0.2, 0.25) is 5.02 Å². The van der Waals surface area contributed by atoms with Crippen molar-refractivity contribution in [2.45, 2.75) is 42.5 Å². The molecule has 3 rings (SSSR count). The SMILES string of the molecule is O=S(=O)(NC[C@@H]1COC2(CCCC2)O1)c1ccc(Cl)cc1. The van der Waals surface area contributed by atoms with E-state index in [0.29, 0.717) is 11.6 Å². The van der Waals surface area contributed by atoms with Gasteiger partial charge in [0.05, 0.1) is 17.6 Å². The van der Waals surface area contributed by atoms with E-state index in [1.807, 2.05) is 0 Å². The van der Waals surface area contributed by atoms with Gasteiger partial charge in [-0.25, -0.2) is 13.1 Å². The molecule has 1 atom stereocenters. The number of hydrogen-bond acceptors (Lipinski definition) is 4. The maximum atomic E-state index is 12.2. The minimum atomic E-state index is -3.54. The highest BCUT2D eigenvalue weighted by atomic mass is 35.5. The predicted octanol–water partition coefficient (Wildman–Crippen LogP) is 2.30. The van der Waals surface area contributed by atoms with Gasteiger partial charge in [-0.1, -0.05) is 11.6 Å². The van der Waals surface area contributed by atoms with Gasteiger partial charge in [0.15, 0.2) is 5.79 Å². The molecule has 2 fully saturated rings. The fourth-order valence-electron chi connectivity index (χ4n) is 2.79. The van der Waals surface area contributed by atoms with Crippen LogP contribution in [0.3, 0.4) is 0 Å². The first kappa shape index (κ1) is 15.2. The molecule has 0 aromatic heterocycles. The molecule has 2 aliphatic rings. The normalized spacial score (nSPS) is 24.7. The minimum Gasteiger partial charge on any atom is -0.347 e. The fraction of sp³-hybridized carbons (Fsp3) is 0.571. The van der Waals surface area contributed by atoms with Gasteiger partial charge in [0.2, 0.25) is 10.0 Å². The Bertz CT molecular complexity index is 596. The summed E-state index contributed by atoms with van der Waals surface area (Å²) < 4.78 is 38.5.